The smallest absolute Gasteiger partial charge is 0.254 e. The van der Waals surface area contributed by atoms with Gasteiger partial charge in [-0.3, -0.25) is 9.78 Å². The van der Waals surface area contributed by atoms with E-state index in [0.717, 1.165) is 16.7 Å². The highest BCUT2D eigenvalue weighted by atomic mass is 35.5. The van der Waals surface area contributed by atoms with Crippen molar-refractivity contribution in [3.05, 3.63) is 88.2 Å². The van der Waals surface area contributed by atoms with E-state index in [2.05, 4.69) is 11.9 Å². The van der Waals surface area contributed by atoms with Crippen LogP contribution in [-0.2, 0) is 19.4 Å². The van der Waals surface area contributed by atoms with Gasteiger partial charge in [-0.1, -0.05) is 23.7 Å². The van der Waals surface area contributed by atoms with Gasteiger partial charge in [0.1, 0.15) is 5.60 Å². The number of halogens is 1. The van der Waals surface area contributed by atoms with Gasteiger partial charge in [-0.2, -0.15) is 0 Å². The predicted molar refractivity (Wildman–Crippen MR) is 127 cm³/mol. The zero-order valence-corrected chi connectivity index (χ0v) is 19.5. The highest BCUT2D eigenvalue weighted by Crippen LogP contribution is 2.44. The second-order valence-electron chi connectivity index (χ2n) is 8.50. The number of nitrogens with zero attached hydrogens (tertiary/aromatic N) is 2. The van der Waals surface area contributed by atoms with E-state index in [0.29, 0.717) is 41.5 Å². The van der Waals surface area contributed by atoms with E-state index in [4.69, 9.17) is 21.1 Å². The molecule has 1 unspecified atom stereocenters. The van der Waals surface area contributed by atoms with Crippen molar-refractivity contribution in [2.24, 2.45) is 0 Å². The molecule has 1 aromatic heterocycles. The molecule has 1 aliphatic heterocycles. The fraction of sp³-hybridized carbons (Fsp3) is 0.308. The molecule has 3 aromatic rings. The summed E-state index contributed by atoms with van der Waals surface area (Å²) >= 11 is 6.02. The minimum absolute atomic E-state index is 0.124. The first-order valence-corrected chi connectivity index (χ1v) is 11.2. The Labute approximate surface area is 198 Å². The topological polar surface area (TPSA) is 71.9 Å². The SMILES string of the molecule is COc1cc(C(=O)N(CCO)Cc2ccncc2)cc2c1OC(C)(Cc1ccc(Cl)cc1)C2. The van der Waals surface area contributed by atoms with Gasteiger partial charge in [0.05, 0.1) is 13.7 Å². The molecule has 0 bridgehead atoms. The molecule has 1 amide bonds. The average Bonchev–Trinajstić information content (AvgIpc) is 3.15. The number of benzene rings is 2. The molecule has 33 heavy (non-hydrogen) atoms. The minimum Gasteiger partial charge on any atom is -0.493 e. The van der Waals surface area contributed by atoms with Crippen LogP contribution in [0, 0.1) is 0 Å². The molecule has 0 radical (unpaired) electrons. The number of aromatic nitrogens is 1. The van der Waals surface area contributed by atoms with E-state index in [1.807, 2.05) is 42.5 Å². The van der Waals surface area contributed by atoms with E-state index in [1.54, 1.807) is 30.5 Å². The molecule has 0 saturated carbocycles. The number of aliphatic hydroxyl groups excluding tert-OH is 1. The molecule has 2 heterocycles. The molecule has 1 atom stereocenters. The molecule has 0 spiro atoms. The highest BCUT2D eigenvalue weighted by molar-refractivity contribution is 6.30. The zero-order chi connectivity index (χ0) is 23.4. The van der Waals surface area contributed by atoms with E-state index in [-0.39, 0.29) is 19.1 Å². The molecule has 2 aromatic carbocycles. The highest BCUT2D eigenvalue weighted by Gasteiger charge is 2.38. The van der Waals surface area contributed by atoms with Crippen LogP contribution in [0.15, 0.2) is 60.9 Å². The maximum Gasteiger partial charge on any atom is 0.254 e. The van der Waals surface area contributed by atoms with Gasteiger partial charge in [-0.05, 0) is 54.4 Å². The summed E-state index contributed by atoms with van der Waals surface area (Å²) in [4.78, 5) is 19.0. The quantitative estimate of drug-likeness (QED) is 0.535. The van der Waals surface area contributed by atoms with Crippen LogP contribution in [0.4, 0.5) is 0 Å². The summed E-state index contributed by atoms with van der Waals surface area (Å²) in [6.45, 7) is 2.54. The van der Waals surface area contributed by atoms with Gasteiger partial charge >= 0.3 is 0 Å². The van der Waals surface area contributed by atoms with E-state index in [9.17, 15) is 9.90 Å². The normalized spacial score (nSPS) is 16.7. The molecule has 172 valence electrons. The first-order chi connectivity index (χ1) is 15.9. The molecule has 1 aliphatic rings. The number of hydrogen-bond acceptors (Lipinski definition) is 5. The van der Waals surface area contributed by atoms with Gasteiger partial charge < -0.3 is 19.5 Å². The van der Waals surface area contributed by atoms with Crippen molar-refractivity contribution in [3.63, 3.8) is 0 Å². The number of pyridine rings is 1. The van der Waals surface area contributed by atoms with Crippen molar-refractivity contribution in [2.45, 2.75) is 31.9 Å². The van der Waals surface area contributed by atoms with Crippen LogP contribution in [0.25, 0.3) is 0 Å². The van der Waals surface area contributed by atoms with Gasteiger partial charge in [0.25, 0.3) is 5.91 Å². The molecule has 0 fully saturated rings. The van der Waals surface area contributed by atoms with Crippen molar-refractivity contribution in [1.29, 1.82) is 0 Å². The summed E-state index contributed by atoms with van der Waals surface area (Å²) in [6, 6.07) is 15.1. The van der Waals surface area contributed by atoms with Crippen molar-refractivity contribution in [2.75, 3.05) is 20.3 Å². The molecule has 7 heteroatoms. The minimum atomic E-state index is -0.465. The number of methoxy groups -OCH3 is 1. The molecule has 1 N–H and O–H groups in total. The Morgan fingerprint density at radius 3 is 2.58 bits per heavy atom. The van der Waals surface area contributed by atoms with Crippen LogP contribution < -0.4 is 9.47 Å². The van der Waals surface area contributed by atoms with Crippen LogP contribution in [-0.4, -0.2) is 46.8 Å². The largest absolute Gasteiger partial charge is 0.493 e. The Bertz CT molecular complexity index is 1120. The second-order valence-corrected chi connectivity index (χ2v) is 8.94. The van der Waals surface area contributed by atoms with Crippen molar-refractivity contribution >= 4 is 17.5 Å². The Hall–Kier alpha value is -3.09. The number of fused-ring (bicyclic) bond motifs is 1. The summed E-state index contributed by atoms with van der Waals surface area (Å²) < 4.78 is 12.0. The van der Waals surface area contributed by atoms with Crippen molar-refractivity contribution in [3.8, 4) is 11.5 Å². The molecule has 6 nitrogen and oxygen atoms in total. The summed E-state index contributed by atoms with van der Waals surface area (Å²) in [6.07, 6.45) is 4.72. The molecular weight excluding hydrogens is 440 g/mol. The number of hydrogen-bond donors (Lipinski definition) is 1. The summed E-state index contributed by atoms with van der Waals surface area (Å²) in [5, 5.41) is 10.2. The predicted octanol–water partition coefficient (Wildman–Crippen LogP) is 4.31. The van der Waals surface area contributed by atoms with Crippen LogP contribution in [0.5, 0.6) is 11.5 Å². The number of aliphatic hydroxyl groups is 1. The molecule has 4 rings (SSSR count). The Morgan fingerprint density at radius 1 is 1.18 bits per heavy atom. The molecule has 0 aliphatic carbocycles. The standard InChI is InChI=1S/C26H27ClN2O4/c1-26(15-18-3-5-22(27)6-4-18)16-21-13-20(14-23(32-2)24(21)33-26)25(31)29(11-12-30)17-19-7-9-28-10-8-19/h3-10,13-14,30H,11-12,15-17H2,1-2H3. The van der Waals surface area contributed by atoms with Crippen LogP contribution in [0.3, 0.4) is 0 Å². The number of rotatable bonds is 8. The molecular formula is C26H27ClN2O4. The third-order valence-corrected chi connectivity index (χ3v) is 6.03. The number of carbonyl (C=O) groups excluding carboxylic acids is 1. The lowest BCUT2D eigenvalue weighted by Gasteiger charge is -2.24. The lowest BCUT2D eigenvalue weighted by Crippen LogP contribution is -2.33. The van der Waals surface area contributed by atoms with E-state index < -0.39 is 5.60 Å². The van der Waals surface area contributed by atoms with Crippen LogP contribution >= 0.6 is 11.6 Å². The van der Waals surface area contributed by atoms with Gasteiger partial charge in [-0.15, -0.1) is 0 Å². The van der Waals surface area contributed by atoms with E-state index >= 15 is 0 Å². The Balaban J connectivity index is 1.58. The third-order valence-electron chi connectivity index (χ3n) is 5.78. The maximum absolute atomic E-state index is 13.4. The average molecular weight is 467 g/mol. The number of ether oxygens (including phenoxy) is 2. The van der Waals surface area contributed by atoms with Gasteiger partial charge in [0.2, 0.25) is 0 Å². The lowest BCUT2D eigenvalue weighted by atomic mass is 9.91. The Kier molecular flexibility index (Phi) is 6.86. The van der Waals surface area contributed by atoms with E-state index in [1.165, 1.54) is 0 Å². The second kappa shape index (κ2) is 9.81. The van der Waals surface area contributed by atoms with Crippen molar-refractivity contribution < 1.29 is 19.4 Å². The summed E-state index contributed by atoms with van der Waals surface area (Å²) in [7, 11) is 1.57. The Morgan fingerprint density at radius 2 is 1.91 bits per heavy atom. The third kappa shape index (κ3) is 5.29. The lowest BCUT2D eigenvalue weighted by molar-refractivity contribution is 0.0707. The maximum atomic E-state index is 13.4. The first-order valence-electron chi connectivity index (χ1n) is 10.8. The molecule has 0 saturated heterocycles. The van der Waals surface area contributed by atoms with Gasteiger partial charge in [-0.25, -0.2) is 0 Å². The monoisotopic (exact) mass is 466 g/mol. The van der Waals surface area contributed by atoms with Crippen molar-refractivity contribution in [1.82, 2.24) is 9.88 Å². The summed E-state index contributed by atoms with van der Waals surface area (Å²) in [5.74, 6) is 1.03. The fourth-order valence-corrected chi connectivity index (χ4v) is 4.39. The zero-order valence-electron chi connectivity index (χ0n) is 18.8. The van der Waals surface area contributed by atoms with Crippen LogP contribution in [0.2, 0.25) is 5.02 Å². The summed E-state index contributed by atoms with van der Waals surface area (Å²) in [5.41, 5.74) is 3.04. The number of carbonyl (C=O) groups is 1. The first kappa shape index (κ1) is 23.1. The van der Waals surface area contributed by atoms with Gasteiger partial charge in [0.15, 0.2) is 11.5 Å². The number of amides is 1. The van der Waals surface area contributed by atoms with Gasteiger partial charge in [0, 0.05) is 54.5 Å². The van der Waals surface area contributed by atoms with Crippen LogP contribution in [0.1, 0.15) is 34.0 Å². The fourth-order valence-electron chi connectivity index (χ4n) is 4.26.